The van der Waals surface area contributed by atoms with Crippen LogP contribution in [-0.4, -0.2) is 90.4 Å². The summed E-state index contributed by atoms with van der Waals surface area (Å²) in [5.41, 5.74) is 0.586. The van der Waals surface area contributed by atoms with Gasteiger partial charge in [-0.1, -0.05) is 70.1 Å². The molecule has 1 spiro atoms. The Kier molecular flexibility index (Phi) is 12.0. The van der Waals surface area contributed by atoms with Crippen LogP contribution >= 0.6 is 11.6 Å². The molecular formula is C38H55ClN6O6. The lowest BCUT2D eigenvalue weighted by Gasteiger charge is -2.36. The number of oxime groups is 1. The van der Waals surface area contributed by atoms with Gasteiger partial charge >= 0.3 is 0 Å². The van der Waals surface area contributed by atoms with Gasteiger partial charge in [-0.2, -0.15) is 0 Å². The van der Waals surface area contributed by atoms with Crippen LogP contribution < -0.4 is 20.9 Å². The quantitative estimate of drug-likeness (QED) is 0.254. The van der Waals surface area contributed by atoms with Gasteiger partial charge in [-0.25, -0.2) is 0 Å². The molecular weight excluding hydrogens is 672 g/mol. The lowest BCUT2D eigenvalue weighted by molar-refractivity contribution is -0.145. The zero-order valence-electron chi connectivity index (χ0n) is 31.0. The molecule has 51 heavy (non-hydrogen) atoms. The SMILES string of the molecule is CCC[C@H](NC(=O)[C@@H]1C[C@]2(CC(c3cc(Cl)ccc3N(C)C)=NO2)CN1C(=O)[C@@H](NC(=O)CC1CCCCC1)C(C)(C)C)C(=O)C(=O)NC1CC1. The highest BCUT2D eigenvalue weighted by molar-refractivity contribution is 6.38. The molecule has 1 aromatic carbocycles. The number of hydrogen-bond donors (Lipinski definition) is 3. The monoisotopic (exact) mass is 726 g/mol. The fourth-order valence-electron chi connectivity index (χ4n) is 7.56. The summed E-state index contributed by atoms with van der Waals surface area (Å²) >= 11 is 6.40. The fraction of sp³-hybridized carbons (Fsp3) is 0.684. The van der Waals surface area contributed by atoms with Crippen LogP contribution in [0.1, 0.15) is 110 Å². The van der Waals surface area contributed by atoms with Crippen LogP contribution in [0, 0.1) is 11.3 Å². The Balaban J connectivity index is 1.41. The van der Waals surface area contributed by atoms with Gasteiger partial charge in [0.25, 0.3) is 5.91 Å². The van der Waals surface area contributed by atoms with Gasteiger partial charge in [0.2, 0.25) is 23.5 Å². The minimum Gasteiger partial charge on any atom is -0.387 e. The van der Waals surface area contributed by atoms with Crippen LogP contribution in [0.3, 0.4) is 0 Å². The van der Waals surface area contributed by atoms with Crippen LogP contribution in [0.2, 0.25) is 5.02 Å². The number of Topliss-reactive ketones (excluding diaryl/α,β-unsaturated/α-hetero) is 1. The normalized spacial score (nSPS) is 23.2. The maximum absolute atomic E-state index is 14.7. The predicted octanol–water partition coefficient (Wildman–Crippen LogP) is 4.50. The van der Waals surface area contributed by atoms with Crippen molar-refractivity contribution in [2.24, 2.45) is 16.5 Å². The topological polar surface area (TPSA) is 150 Å². The fourth-order valence-corrected chi connectivity index (χ4v) is 7.73. The second-order valence-electron chi connectivity index (χ2n) is 16.3. The van der Waals surface area contributed by atoms with Crippen molar-refractivity contribution < 1.29 is 28.8 Å². The molecule has 0 aromatic heterocycles. The number of amides is 4. The number of nitrogens with one attached hydrogen (secondary N) is 3. The Labute approximate surface area is 306 Å². The second kappa shape index (κ2) is 15.9. The summed E-state index contributed by atoms with van der Waals surface area (Å²) in [6, 6.07) is 2.51. The third kappa shape index (κ3) is 9.42. The third-order valence-corrected chi connectivity index (χ3v) is 10.8. The number of anilines is 1. The Hall–Kier alpha value is -3.67. The Morgan fingerprint density at radius 3 is 2.39 bits per heavy atom. The van der Waals surface area contributed by atoms with E-state index >= 15 is 0 Å². The maximum Gasteiger partial charge on any atom is 0.289 e. The van der Waals surface area contributed by atoms with Gasteiger partial charge in [0.15, 0.2) is 5.60 Å². The molecule has 13 heteroatoms. The first-order chi connectivity index (χ1) is 24.1. The minimum absolute atomic E-state index is 0.00824. The van der Waals surface area contributed by atoms with Gasteiger partial charge in [-0.05, 0) is 61.6 Å². The summed E-state index contributed by atoms with van der Waals surface area (Å²) in [5, 5.41) is 13.6. The molecule has 12 nitrogen and oxygen atoms in total. The molecule has 280 valence electrons. The highest BCUT2D eigenvalue weighted by Crippen LogP contribution is 2.41. The lowest BCUT2D eigenvalue weighted by atomic mass is 9.84. The number of nitrogens with zero attached hydrogens (tertiary/aromatic N) is 3. The van der Waals surface area contributed by atoms with E-state index in [1.165, 1.54) is 11.3 Å². The first-order valence-corrected chi connectivity index (χ1v) is 19.0. The van der Waals surface area contributed by atoms with E-state index in [2.05, 4.69) is 21.1 Å². The number of likely N-dealkylation sites (tertiary alicyclic amines) is 1. The van der Waals surface area contributed by atoms with Gasteiger partial charge in [0.05, 0.1) is 18.3 Å². The number of benzene rings is 1. The number of carbonyl (C=O) groups is 5. The number of halogens is 1. The molecule has 1 saturated heterocycles. The Morgan fingerprint density at radius 1 is 1.06 bits per heavy atom. The zero-order valence-corrected chi connectivity index (χ0v) is 31.7. The molecule has 2 saturated carbocycles. The van der Waals surface area contributed by atoms with E-state index < -0.39 is 52.6 Å². The van der Waals surface area contributed by atoms with Crippen molar-refractivity contribution in [3.63, 3.8) is 0 Å². The van der Waals surface area contributed by atoms with Crippen LogP contribution in [-0.2, 0) is 28.8 Å². The van der Waals surface area contributed by atoms with Crippen LogP contribution in [0.25, 0.3) is 0 Å². The molecule has 4 aliphatic rings. The number of ketones is 1. The third-order valence-electron chi connectivity index (χ3n) is 10.5. The smallest absolute Gasteiger partial charge is 0.289 e. The van der Waals surface area contributed by atoms with Gasteiger partial charge < -0.3 is 30.6 Å². The summed E-state index contributed by atoms with van der Waals surface area (Å²) in [5.74, 6) is -2.27. The molecule has 3 fully saturated rings. The van der Waals surface area contributed by atoms with Crippen molar-refractivity contribution in [3.8, 4) is 0 Å². The standard InChI is InChI=1S/C38H55ClN6O6/c1-7-11-27(32(47)35(49)40-25-15-16-25)41-34(48)30-21-38(20-28(43-51-38)26-19-24(39)14-17-29(26)44(5)6)22-45(30)36(50)33(37(2,3)4)42-31(46)18-23-12-9-8-10-13-23/h14,17,19,23,25,27,30,33H,7-13,15-16,18,20-22H2,1-6H3,(H,40,49)(H,41,48)(H,42,46)/t27-,30-,33+,38+/m0/s1. The van der Waals surface area contributed by atoms with E-state index in [4.69, 9.17) is 16.4 Å². The molecule has 2 aliphatic heterocycles. The highest BCUT2D eigenvalue weighted by Gasteiger charge is 2.56. The molecule has 4 atom stereocenters. The molecule has 0 unspecified atom stereocenters. The summed E-state index contributed by atoms with van der Waals surface area (Å²) in [6.07, 6.45) is 8.60. The molecule has 0 bridgehead atoms. The average Bonchev–Trinajstić information content (AvgIpc) is 3.67. The van der Waals surface area contributed by atoms with E-state index in [0.717, 1.165) is 49.8 Å². The zero-order chi connectivity index (χ0) is 37.1. The number of rotatable bonds is 13. The molecule has 2 aliphatic carbocycles. The average molecular weight is 727 g/mol. The van der Waals surface area contributed by atoms with Gasteiger partial charge in [-0.3, -0.25) is 24.0 Å². The van der Waals surface area contributed by atoms with Gasteiger partial charge in [0, 0.05) is 55.7 Å². The number of hydrogen-bond acceptors (Lipinski definition) is 8. The van der Waals surface area contributed by atoms with Crippen LogP contribution in [0.4, 0.5) is 5.69 Å². The highest BCUT2D eigenvalue weighted by atomic mass is 35.5. The Morgan fingerprint density at radius 2 is 1.76 bits per heavy atom. The van der Waals surface area contributed by atoms with E-state index in [9.17, 15) is 24.0 Å². The maximum atomic E-state index is 14.7. The first kappa shape index (κ1) is 38.6. The van der Waals surface area contributed by atoms with Crippen molar-refractivity contribution in [2.45, 2.75) is 135 Å². The van der Waals surface area contributed by atoms with Crippen LogP contribution in [0.5, 0.6) is 0 Å². The van der Waals surface area contributed by atoms with E-state index in [1.807, 2.05) is 58.8 Å². The van der Waals surface area contributed by atoms with Crippen molar-refractivity contribution in [1.29, 1.82) is 0 Å². The summed E-state index contributed by atoms with van der Waals surface area (Å²) in [4.78, 5) is 77.9. The number of carbonyl (C=O) groups excluding carboxylic acids is 5. The molecule has 1 aromatic rings. The molecule has 5 rings (SSSR count). The lowest BCUT2D eigenvalue weighted by Crippen LogP contribution is -2.59. The predicted molar refractivity (Wildman–Crippen MR) is 196 cm³/mol. The van der Waals surface area contributed by atoms with E-state index in [0.29, 0.717) is 30.0 Å². The summed E-state index contributed by atoms with van der Waals surface area (Å²) in [6.45, 7) is 7.58. The molecule has 3 N–H and O–H groups in total. The largest absolute Gasteiger partial charge is 0.387 e. The summed E-state index contributed by atoms with van der Waals surface area (Å²) < 4.78 is 0. The first-order valence-electron chi connectivity index (χ1n) is 18.6. The van der Waals surface area contributed by atoms with Crippen molar-refractivity contribution in [2.75, 3.05) is 25.5 Å². The van der Waals surface area contributed by atoms with Crippen molar-refractivity contribution >= 4 is 52.4 Å². The van der Waals surface area contributed by atoms with Crippen molar-refractivity contribution in [1.82, 2.24) is 20.9 Å². The van der Waals surface area contributed by atoms with E-state index in [-0.39, 0.29) is 37.3 Å². The molecule has 4 amide bonds. The Bertz CT molecular complexity index is 1530. The second-order valence-corrected chi connectivity index (χ2v) is 16.7. The minimum atomic E-state index is -1.05. The van der Waals surface area contributed by atoms with Gasteiger partial charge in [0.1, 0.15) is 12.1 Å². The van der Waals surface area contributed by atoms with Gasteiger partial charge in [-0.15, -0.1) is 0 Å². The summed E-state index contributed by atoms with van der Waals surface area (Å²) in [7, 11) is 3.84. The van der Waals surface area contributed by atoms with E-state index in [1.54, 1.807) is 6.07 Å². The van der Waals surface area contributed by atoms with Crippen LogP contribution in [0.15, 0.2) is 23.4 Å². The molecule has 2 heterocycles. The van der Waals surface area contributed by atoms with Crippen molar-refractivity contribution in [3.05, 3.63) is 28.8 Å². The molecule has 0 radical (unpaired) electrons.